The zero-order valence-corrected chi connectivity index (χ0v) is 20.1. The maximum atomic E-state index is 13.3. The molecule has 0 saturated carbocycles. The summed E-state index contributed by atoms with van der Waals surface area (Å²) in [7, 11) is 0. The first kappa shape index (κ1) is 23.6. The van der Waals surface area contributed by atoms with Gasteiger partial charge in [-0.3, -0.25) is 14.4 Å². The van der Waals surface area contributed by atoms with Crippen molar-refractivity contribution in [1.82, 2.24) is 25.3 Å². The Morgan fingerprint density at radius 2 is 1.89 bits per heavy atom. The Bertz CT molecular complexity index is 1270. The van der Waals surface area contributed by atoms with Crippen LogP contribution in [-0.4, -0.2) is 62.2 Å². The highest BCUT2D eigenvalue weighted by molar-refractivity contribution is 5.98. The third-order valence-corrected chi connectivity index (χ3v) is 6.81. The van der Waals surface area contributed by atoms with Gasteiger partial charge in [-0.2, -0.15) is 5.10 Å². The molecule has 0 unspecified atom stereocenters. The van der Waals surface area contributed by atoms with Crippen molar-refractivity contribution in [1.29, 1.82) is 0 Å². The van der Waals surface area contributed by atoms with E-state index in [1.165, 1.54) is 0 Å². The second kappa shape index (κ2) is 9.85. The number of carbonyl (C=O) groups excluding carboxylic acids is 3. The number of phenols is 1. The van der Waals surface area contributed by atoms with Gasteiger partial charge in [0.1, 0.15) is 17.8 Å². The third-order valence-electron chi connectivity index (χ3n) is 6.81. The molecule has 5 rings (SSSR count). The van der Waals surface area contributed by atoms with Gasteiger partial charge in [0, 0.05) is 19.0 Å². The van der Waals surface area contributed by atoms with Crippen molar-refractivity contribution in [2.75, 3.05) is 6.54 Å². The highest BCUT2D eigenvalue weighted by Gasteiger charge is 2.46. The van der Waals surface area contributed by atoms with Crippen LogP contribution in [0.15, 0.2) is 60.8 Å². The van der Waals surface area contributed by atoms with Crippen LogP contribution in [0.25, 0.3) is 5.69 Å². The monoisotopic (exact) mass is 487 g/mol. The number of para-hydroxylation sites is 1. The lowest BCUT2D eigenvalue weighted by atomic mass is 10.0. The molecule has 0 spiro atoms. The van der Waals surface area contributed by atoms with Gasteiger partial charge in [-0.25, -0.2) is 4.68 Å². The van der Waals surface area contributed by atoms with Crippen LogP contribution in [0.3, 0.4) is 0 Å². The molecule has 3 aromatic rings. The van der Waals surface area contributed by atoms with E-state index < -0.39 is 12.1 Å². The molecule has 2 aromatic carbocycles. The standard InChI is InChI=1S/C27H29N5O4/c1-2-6-23-21(15-28-32(23)19-7-4-3-5-8-19)25(34)29-18-14-24-26(35)30-22(27(36)31(24)16-18)13-17-9-11-20(33)12-10-17/h3-5,7-12,15,18,22,24,33H,2,6,13-14,16H2,1H3,(H,29,34)(H,30,35)/t18-,22-,24-/m0/s1. The summed E-state index contributed by atoms with van der Waals surface area (Å²) < 4.78 is 1.79. The molecule has 0 bridgehead atoms. The number of fused-ring (bicyclic) bond motifs is 1. The quantitative estimate of drug-likeness (QED) is 0.471. The van der Waals surface area contributed by atoms with E-state index in [0.717, 1.165) is 23.4 Å². The number of phenolic OH excluding ortho intramolecular Hbond substituents is 1. The molecule has 2 aliphatic rings. The predicted molar refractivity (Wildman–Crippen MR) is 133 cm³/mol. The molecule has 3 heterocycles. The van der Waals surface area contributed by atoms with Gasteiger partial charge in [-0.15, -0.1) is 0 Å². The number of aromatic hydroxyl groups is 1. The van der Waals surface area contributed by atoms with Crippen molar-refractivity contribution < 1.29 is 19.5 Å². The van der Waals surface area contributed by atoms with E-state index in [2.05, 4.69) is 22.7 Å². The number of rotatable bonds is 7. The summed E-state index contributed by atoms with van der Waals surface area (Å²) in [5.41, 5.74) is 3.07. The van der Waals surface area contributed by atoms with Crippen LogP contribution in [0.1, 0.15) is 41.4 Å². The molecule has 0 aliphatic carbocycles. The van der Waals surface area contributed by atoms with Crippen molar-refractivity contribution in [3.63, 3.8) is 0 Å². The minimum absolute atomic E-state index is 0.146. The Balaban J connectivity index is 1.28. The van der Waals surface area contributed by atoms with E-state index >= 15 is 0 Å². The second-order valence-corrected chi connectivity index (χ2v) is 9.35. The smallest absolute Gasteiger partial charge is 0.255 e. The Morgan fingerprint density at radius 1 is 1.14 bits per heavy atom. The van der Waals surface area contributed by atoms with E-state index in [1.807, 2.05) is 30.3 Å². The van der Waals surface area contributed by atoms with E-state index in [1.54, 1.807) is 40.0 Å². The lowest BCUT2D eigenvalue weighted by Gasteiger charge is -2.34. The van der Waals surface area contributed by atoms with Crippen LogP contribution in [-0.2, 0) is 22.4 Å². The van der Waals surface area contributed by atoms with Gasteiger partial charge in [-0.1, -0.05) is 43.7 Å². The molecule has 0 radical (unpaired) electrons. The van der Waals surface area contributed by atoms with Crippen LogP contribution in [0, 0.1) is 0 Å². The van der Waals surface area contributed by atoms with Crippen LogP contribution in [0.2, 0.25) is 0 Å². The molecular formula is C27H29N5O4. The minimum atomic E-state index is -0.673. The van der Waals surface area contributed by atoms with Crippen molar-refractivity contribution in [2.45, 2.75) is 50.7 Å². The topological polar surface area (TPSA) is 117 Å². The summed E-state index contributed by atoms with van der Waals surface area (Å²) in [5.74, 6) is -0.474. The van der Waals surface area contributed by atoms with E-state index in [4.69, 9.17) is 0 Å². The lowest BCUT2D eigenvalue weighted by Crippen LogP contribution is -2.61. The summed E-state index contributed by atoms with van der Waals surface area (Å²) in [4.78, 5) is 40.8. The molecule has 36 heavy (non-hydrogen) atoms. The molecule has 2 saturated heterocycles. The Morgan fingerprint density at radius 3 is 2.61 bits per heavy atom. The Hall–Kier alpha value is -4.14. The van der Waals surface area contributed by atoms with Gasteiger partial charge in [0.05, 0.1) is 23.1 Å². The summed E-state index contributed by atoms with van der Waals surface area (Å²) in [6.45, 7) is 2.34. The van der Waals surface area contributed by atoms with Crippen molar-refractivity contribution in [2.24, 2.45) is 0 Å². The zero-order valence-electron chi connectivity index (χ0n) is 20.1. The van der Waals surface area contributed by atoms with E-state index in [9.17, 15) is 19.5 Å². The van der Waals surface area contributed by atoms with Crippen molar-refractivity contribution >= 4 is 17.7 Å². The highest BCUT2D eigenvalue weighted by atomic mass is 16.3. The number of hydrogen-bond acceptors (Lipinski definition) is 5. The van der Waals surface area contributed by atoms with Gasteiger partial charge in [0.25, 0.3) is 5.91 Å². The van der Waals surface area contributed by atoms with Gasteiger partial charge in [0.15, 0.2) is 0 Å². The molecule has 3 N–H and O–H groups in total. The number of benzene rings is 2. The summed E-state index contributed by atoms with van der Waals surface area (Å²) in [5, 5.41) is 19.8. The van der Waals surface area contributed by atoms with E-state index in [-0.39, 0.29) is 36.1 Å². The van der Waals surface area contributed by atoms with Gasteiger partial charge in [-0.05, 0) is 42.7 Å². The average Bonchev–Trinajstić information content (AvgIpc) is 3.49. The maximum absolute atomic E-state index is 13.3. The number of nitrogens with one attached hydrogen (secondary N) is 2. The molecule has 2 aliphatic heterocycles. The van der Waals surface area contributed by atoms with Crippen LogP contribution < -0.4 is 10.6 Å². The predicted octanol–water partition coefficient (Wildman–Crippen LogP) is 1.97. The fourth-order valence-corrected chi connectivity index (χ4v) is 5.06. The van der Waals surface area contributed by atoms with Crippen molar-refractivity contribution in [3.05, 3.63) is 77.6 Å². The number of aromatic nitrogens is 2. The maximum Gasteiger partial charge on any atom is 0.255 e. The first-order valence-corrected chi connectivity index (χ1v) is 12.3. The number of amides is 3. The van der Waals surface area contributed by atoms with Crippen LogP contribution in [0.5, 0.6) is 5.75 Å². The SMILES string of the molecule is CCCc1c(C(=O)N[C@H]2C[C@H]3C(=O)N[C@@H](Cc4ccc(O)cc4)C(=O)N3C2)cnn1-c1ccccc1. The lowest BCUT2D eigenvalue weighted by molar-refractivity contribution is -0.147. The molecule has 1 aromatic heterocycles. The van der Waals surface area contributed by atoms with Crippen molar-refractivity contribution in [3.8, 4) is 11.4 Å². The number of nitrogens with zero attached hydrogens (tertiary/aromatic N) is 3. The molecule has 2 fully saturated rings. The van der Waals surface area contributed by atoms with Gasteiger partial charge < -0.3 is 20.6 Å². The fourth-order valence-electron chi connectivity index (χ4n) is 5.06. The third kappa shape index (κ3) is 4.56. The molecule has 3 amide bonds. The average molecular weight is 488 g/mol. The second-order valence-electron chi connectivity index (χ2n) is 9.35. The largest absolute Gasteiger partial charge is 0.508 e. The zero-order chi connectivity index (χ0) is 25.2. The number of hydrogen-bond donors (Lipinski definition) is 3. The summed E-state index contributed by atoms with van der Waals surface area (Å²) in [6, 6.07) is 14.7. The molecule has 9 nitrogen and oxygen atoms in total. The highest BCUT2D eigenvalue weighted by Crippen LogP contribution is 2.25. The molecule has 186 valence electrons. The van der Waals surface area contributed by atoms with E-state index in [0.29, 0.717) is 24.8 Å². The number of piperazine rings is 1. The summed E-state index contributed by atoms with van der Waals surface area (Å²) >= 11 is 0. The molecular weight excluding hydrogens is 458 g/mol. The first-order chi connectivity index (χ1) is 17.4. The fraction of sp³-hybridized carbons (Fsp3) is 0.333. The minimum Gasteiger partial charge on any atom is -0.508 e. The van der Waals surface area contributed by atoms with Gasteiger partial charge >= 0.3 is 0 Å². The summed E-state index contributed by atoms with van der Waals surface area (Å²) in [6.07, 6.45) is 3.84. The Kier molecular flexibility index (Phi) is 6.45. The van der Waals surface area contributed by atoms with Gasteiger partial charge in [0.2, 0.25) is 11.8 Å². The van der Waals surface area contributed by atoms with Crippen LogP contribution >= 0.6 is 0 Å². The molecule has 9 heteroatoms. The van der Waals surface area contributed by atoms with Crippen LogP contribution in [0.4, 0.5) is 0 Å². The first-order valence-electron chi connectivity index (χ1n) is 12.3. The molecule has 3 atom stereocenters. The number of carbonyl (C=O) groups is 3. The Labute approximate surface area is 209 Å². The normalized spacial score (nSPS) is 21.2.